The Morgan fingerprint density at radius 3 is 2.53 bits per heavy atom. The van der Waals surface area contributed by atoms with Gasteiger partial charge in [-0.15, -0.1) is 0 Å². The molecule has 0 spiro atoms. The third-order valence-corrected chi connectivity index (χ3v) is 3.35. The van der Waals surface area contributed by atoms with Crippen LogP contribution in [-0.2, 0) is 0 Å². The van der Waals surface area contributed by atoms with Gasteiger partial charge in [0.15, 0.2) is 0 Å². The molecule has 0 radical (unpaired) electrons. The Kier molecular flexibility index (Phi) is 2.44. The lowest BCUT2D eigenvalue weighted by molar-refractivity contribution is 0.628. The second kappa shape index (κ2) is 3.96. The van der Waals surface area contributed by atoms with Gasteiger partial charge in [-0.05, 0) is 52.3 Å². The molecule has 0 amide bonds. The Hall–Kier alpha value is -1.68. The van der Waals surface area contributed by atoms with E-state index in [-0.39, 0.29) is 5.82 Å². The summed E-state index contributed by atoms with van der Waals surface area (Å²) in [5.41, 5.74) is 2.57. The zero-order chi connectivity index (χ0) is 11.8. The molecule has 0 bridgehead atoms. The molecule has 3 rings (SSSR count). The van der Waals surface area contributed by atoms with Crippen LogP contribution in [0.15, 0.2) is 53.3 Å². The van der Waals surface area contributed by atoms with Gasteiger partial charge >= 0.3 is 0 Å². The summed E-state index contributed by atoms with van der Waals surface area (Å²) >= 11 is 3.51. The Morgan fingerprint density at radius 2 is 1.82 bits per heavy atom. The highest BCUT2D eigenvalue weighted by molar-refractivity contribution is 9.10. The molecule has 1 aromatic carbocycles. The molecule has 0 fully saturated rings. The molecule has 0 N–H and O–H groups in total. The fourth-order valence-corrected chi connectivity index (χ4v) is 2.37. The Bertz CT molecular complexity index is 673. The van der Waals surface area contributed by atoms with Crippen LogP contribution in [0.2, 0.25) is 0 Å². The molecule has 17 heavy (non-hydrogen) atoms. The van der Waals surface area contributed by atoms with Gasteiger partial charge < -0.3 is 0 Å². The predicted molar refractivity (Wildman–Crippen MR) is 68.3 cm³/mol. The third kappa shape index (κ3) is 1.74. The van der Waals surface area contributed by atoms with Crippen molar-refractivity contribution >= 4 is 21.6 Å². The van der Waals surface area contributed by atoms with Gasteiger partial charge in [0.25, 0.3) is 0 Å². The van der Waals surface area contributed by atoms with Gasteiger partial charge in [-0.1, -0.05) is 6.07 Å². The Labute approximate surface area is 106 Å². The minimum Gasteiger partial charge on any atom is -0.294 e. The lowest BCUT2D eigenvalue weighted by Gasteiger charge is -1.97. The first-order valence-electron chi connectivity index (χ1n) is 5.14. The third-order valence-electron chi connectivity index (χ3n) is 2.59. The van der Waals surface area contributed by atoms with E-state index in [4.69, 9.17) is 0 Å². The van der Waals surface area contributed by atoms with Crippen molar-refractivity contribution in [2.24, 2.45) is 0 Å². The van der Waals surface area contributed by atoms with Gasteiger partial charge in [0.2, 0.25) is 0 Å². The molecule has 2 heterocycles. The van der Waals surface area contributed by atoms with Crippen LogP contribution in [0.4, 0.5) is 4.39 Å². The van der Waals surface area contributed by atoms with Crippen molar-refractivity contribution in [3.8, 4) is 11.3 Å². The fourth-order valence-electron chi connectivity index (χ4n) is 1.76. The normalized spacial score (nSPS) is 10.9. The summed E-state index contributed by atoms with van der Waals surface area (Å²) in [7, 11) is 0. The van der Waals surface area contributed by atoms with Gasteiger partial charge in [0.05, 0.1) is 0 Å². The summed E-state index contributed by atoms with van der Waals surface area (Å²) < 4.78 is 15.7. The van der Waals surface area contributed by atoms with Crippen LogP contribution >= 0.6 is 15.9 Å². The van der Waals surface area contributed by atoms with E-state index >= 15 is 0 Å². The van der Waals surface area contributed by atoms with Crippen LogP contribution in [0, 0.1) is 5.82 Å². The summed E-state index contributed by atoms with van der Waals surface area (Å²) in [6, 6.07) is 12.1. The highest BCUT2D eigenvalue weighted by Gasteiger charge is 2.10. The van der Waals surface area contributed by atoms with Crippen molar-refractivity contribution in [2.75, 3.05) is 0 Å². The molecular formula is C13H8BrFN2. The smallest absolute Gasteiger partial charge is 0.138 e. The second-order valence-electron chi connectivity index (χ2n) is 3.69. The van der Waals surface area contributed by atoms with E-state index in [1.54, 1.807) is 12.1 Å². The lowest BCUT2D eigenvalue weighted by Crippen LogP contribution is -1.82. The van der Waals surface area contributed by atoms with Gasteiger partial charge in [0, 0.05) is 11.8 Å². The average Bonchev–Trinajstić information content (AvgIpc) is 2.69. The number of pyridine rings is 1. The van der Waals surface area contributed by atoms with Gasteiger partial charge in [-0.3, -0.25) is 4.40 Å². The molecule has 0 aliphatic rings. The monoisotopic (exact) mass is 290 g/mol. The number of hydrogen-bond acceptors (Lipinski definition) is 1. The molecule has 84 valence electrons. The van der Waals surface area contributed by atoms with Crippen LogP contribution in [-0.4, -0.2) is 9.38 Å². The Balaban J connectivity index is 2.24. The predicted octanol–water partition coefficient (Wildman–Crippen LogP) is 3.90. The molecule has 0 saturated heterocycles. The zero-order valence-corrected chi connectivity index (χ0v) is 10.4. The van der Waals surface area contributed by atoms with Crippen LogP contribution in [0.3, 0.4) is 0 Å². The minimum absolute atomic E-state index is 0.242. The van der Waals surface area contributed by atoms with E-state index in [0.717, 1.165) is 21.5 Å². The molecular weight excluding hydrogens is 283 g/mol. The molecule has 2 nitrogen and oxygen atoms in total. The van der Waals surface area contributed by atoms with E-state index in [2.05, 4.69) is 20.9 Å². The Morgan fingerprint density at radius 1 is 1.06 bits per heavy atom. The van der Waals surface area contributed by atoms with E-state index in [1.807, 2.05) is 28.8 Å². The second-order valence-corrected chi connectivity index (χ2v) is 4.44. The average molecular weight is 291 g/mol. The van der Waals surface area contributed by atoms with Gasteiger partial charge in [0.1, 0.15) is 21.8 Å². The fraction of sp³-hybridized carbons (Fsp3) is 0. The largest absolute Gasteiger partial charge is 0.294 e. The first-order valence-corrected chi connectivity index (χ1v) is 5.93. The maximum atomic E-state index is 12.9. The molecule has 2 aromatic heterocycles. The molecule has 0 unspecified atom stereocenters. The summed E-state index contributed by atoms with van der Waals surface area (Å²) in [6.07, 6.45) is 1.93. The summed E-state index contributed by atoms with van der Waals surface area (Å²) in [5, 5.41) is 0. The number of nitrogens with zero attached hydrogens (tertiary/aromatic N) is 2. The number of halogens is 2. The number of aromatic nitrogens is 2. The van der Waals surface area contributed by atoms with E-state index in [0.29, 0.717) is 0 Å². The highest BCUT2D eigenvalue weighted by Crippen LogP contribution is 2.28. The molecule has 0 aliphatic carbocycles. The minimum atomic E-state index is -0.242. The van der Waals surface area contributed by atoms with Gasteiger partial charge in [-0.2, -0.15) is 0 Å². The zero-order valence-electron chi connectivity index (χ0n) is 8.77. The highest BCUT2D eigenvalue weighted by atomic mass is 79.9. The summed E-state index contributed by atoms with van der Waals surface area (Å²) in [5.74, 6) is -0.242. The molecule has 0 atom stereocenters. The van der Waals surface area contributed by atoms with E-state index in [9.17, 15) is 4.39 Å². The van der Waals surface area contributed by atoms with Crippen LogP contribution in [0.1, 0.15) is 0 Å². The maximum absolute atomic E-state index is 12.9. The quantitative estimate of drug-likeness (QED) is 0.664. The van der Waals surface area contributed by atoms with Crippen molar-refractivity contribution < 1.29 is 4.39 Å². The standard InChI is InChI=1S/C13H8BrFN2/c14-13-12(9-4-6-10(15)7-5-9)16-11-3-1-2-8-17(11)13/h1-8H. The SMILES string of the molecule is Fc1ccc(-c2nc3ccccn3c2Br)cc1. The molecule has 3 aromatic rings. The molecule has 4 heteroatoms. The van der Waals surface area contributed by atoms with Crippen molar-refractivity contribution in [3.63, 3.8) is 0 Å². The van der Waals surface area contributed by atoms with E-state index in [1.165, 1.54) is 12.1 Å². The number of hydrogen-bond donors (Lipinski definition) is 0. The summed E-state index contributed by atoms with van der Waals surface area (Å²) in [6.45, 7) is 0. The van der Waals surface area contributed by atoms with Crippen molar-refractivity contribution in [1.29, 1.82) is 0 Å². The van der Waals surface area contributed by atoms with Crippen LogP contribution in [0.5, 0.6) is 0 Å². The first kappa shape index (κ1) is 10.5. The lowest BCUT2D eigenvalue weighted by atomic mass is 10.2. The molecule has 0 aliphatic heterocycles. The maximum Gasteiger partial charge on any atom is 0.138 e. The van der Waals surface area contributed by atoms with Crippen molar-refractivity contribution in [2.45, 2.75) is 0 Å². The topological polar surface area (TPSA) is 17.3 Å². The van der Waals surface area contributed by atoms with Crippen molar-refractivity contribution in [3.05, 3.63) is 59.1 Å². The number of imidazole rings is 1. The number of rotatable bonds is 1. The first-order chi connectivity index (χ1) is 8.25. The number of benzene rings is 1. The van der Waals surface area contributed by atoms with Crippen molar-refractivity contribution in [1.82, 2.24) is 9.38 Å². The molecule has 0 saturated carbocycles. The van der Waals surface area contributed by atoms with Crippen LogP contribution < -0.4 is 0 Å². The van der Waals surface area contributed by atoms with Gasteiger partial charge in [-0.25, -0.2) is 9.37 Å². The summed E-state index contributed by atoms with van der Waals surface area (Å²) in [4.78, 5) is 4.51. The van der Waals surface area contributed by atoms with E-state index < -0.39 is 0 Å². The number of fused-ring (bicyclic) bond motifs is 1. The van der Waals surface area contributed by atoms with Crippen LogP contribution in [0.25, 0.3) is 16.9 Å².